The zero-order valence-corrected chi connectivity index (χ0v) is 12.2. The molecule has 1 saturated heterocycles. The van der Waals surface area contributed by atoms with Crippen LogP contribution in [0, 0.1) is 11.3 Å². The molecule has 1 amide bonds. The molecule has 1 aromatic carbocycles. The van der Waals surface area contributed by atoms with Gasteiger partial charge < -0.3 is 10.2 Å². The van der Waals surface area contributed by atoms with Crippen LogP contribution in [0.1, 0.15) is 19.3 Å². The van der Waals surface area contributed by atoms with E-state index in [1.165, 1.54) is 0 Å². The van der Waals surface area contributed by atoms with Crippen molar-refractivity contribution in [3.8, 4) is 6.07 Å². The molecule has 0 aromatic heterocycles. The number of nitriles is 1. The number of rotatable bonds is 4. The largest absolute Gasteiger partial charge is 0.369 e. The van der Waals surface area contributed by atoms with Gasteiger partial charge in [-0.25, -0.2) is 0 Å². The van der Waals surface area contributed by atoms with Crippen LogP contribution >= 0.6 is 15.9 Å². The number of anilines is 1. The van der Waals surface area contributed by atoms with Gasteiger partial charge in [-0.2, -0.15) is 5.26 Å². The lowest BCUT2D eigenvalue weighted by Gasteiger charge is -2.18. The van der Waals surface area contributed by atoms with Crippen LogP contribution in [0.15, 0.2) is 28.7 Å². The molecule has 1 aromatic rings. The molecular formula is C14H16BrN3O. The van der Waals surface area contributed by atoms with Crippen LogP contribution < -0.4 is 5.32 Å². The Balaban J connectivity index is 1.91. The minimum Gasteiger partial charge on any atom is -0.369 e. The fourth-order valence-corrected chi connectivity index (χ4v) is 2.41. The summed E-state index contributed by atoms with van der Waals surface area (Å²) in [7, 11) is 0. The first-order valence-corrected chi connectivity index (χ1v) is 7.18. The average molecular weight is 322 g/mol. The van der Waals surface area contributed by atoms with Crippen LogP contribution in [0.25, 0.3) is 0 Å². The second kappa shape index (κ2) is 6.58. The van der Waals surface area contributed by atoms with E-state index < -0.39 is 6.04 Å². The SMILES string of the molecule is N#CC(CC(=O)N1CCCC1)Nc1ccc(Br)cc1. The molecule has 0 radical (unpaired) electrons. The lowest BCUT2D eigenvalue weighted by Crippen LogP contribution is -2.32. The Kier molecular flexibility index (Phi) is 4.80. The summed E-state index contributed by atoms with van der Waals surface area (Å²) in [5.41, 5.74) is 0.851. The predicted molar refractivity (Wildman–Crippen MR) is 77.6 cm³/mol. The van der Waals surface area contributed by atoms with E-state index in [9.17, 15) is 4.79 Å². The Morgan fingerprint density at radius 1 is 1.37 bits per heavy atom. The van der Waals surface area contributed by atoms with E-state index in [4.69, 9.17) is 5.26 Å². The number of hydrogen-bond acceptors (Lipinski definition) is 3. The van der Waals surface area contributed by atoms with Crippen molar-refractivity contribution >= 4 is 27.5 Å². The summed E-state index contributed by atoms with van der Waals surface area (Å²) in [4.78, 5) is 13.8. The van der Waals surface area contributed by atoms with Crippen molar-refractivity contribution in [3.05, 3.63) is 28.7 Å². The monoisotopic (exact) mass is 321 g/mol. The fourth-order valence-electron chi connectivity index (χ4n) is 2.15. The molecule has 2 rings (SSSR count). The second-order valence-corrected chi connectivity index (χ2v) is 5.54. The van der Waals surface area contributed by atoms with Crippen molar-refractivity contribution in [1.82, 2.24) is 4.90 Å². The molecule has 0 saturated carbocycles. The Labute approximate surface area is 121 Å². The molecule has 1 atom stereocenters. The second-order valence-electron chi connectivity index (χ2n) is 4.62. The first kappa shape index (κ1) is 13.9. The number of nitrogens with one attached hydrogen (secondary N) is 1. The highest BCUT2D eigenvalue weighted by molar-refractivity contribution is 9.10. The normalized spacial score (nSPS) is 15.9. The highest BCUT2D eigenvalue weighted by Gasteiger charge is 2.21. The third-order valence-electron chi connectivity index (χ3n) is 3.18. The van der Waals surface area contributed by atoms with Crippen LogP contribution in [0.4, 0.5) is 5.69 Å². The molecule has 1 aliphatic rings. The van der Waals surface area contributed by atoms with Gasteiger partial charge in [-0.05, 0) is 37.1 Å². The summed E-state index contributed by atoms with van der Waals surface area (Å²) in [6.07, 6.45) is 2.37. The van der Waals surface area contributed by atoms with Crippen molar-refractivity contribution in [2.75, 3.05) is 18.4 Å². The summed E-state index contributed by atoms with van der Waals surface area (Å²) in [5.74, 6) is 0.0636. The predicted octanol–water partition coefficient (Wildman–Crippen LogP) is 2.77. The van der Waals surface area contributed by atoms with E-state index in [1.54, 1.807) is 0 Å². The molecule has 1 heterocycles. The van der Waals surface area contributed by atoms with Crippen LogP contribution in [-0.4, -0.2) is 29.9 Å². The van der Waals surface area contributed by atoms with Gasteiger partial charge in [0.1, 0.15) is 6.04 Å². The van der Waals surface area contributed by atoms with Gasteiger partial charge in [0.2, 0.25) is 5.91 Å². The third kappa shape index (κ3) is 3.97. The van der Waals surface area contributed by atoms with Crippen LogP contribution in [0.2, 0.25) is 0 Å². The number of carbonyl (C=O) groups excluding carboxylic acids is 1. The lowest BCUT2D eigenvalue weighted by atomic mass is 10.2. The summed E-state index contributed by atoms with van der Waals surface area (Å²) in [6.45, 7) is 1.66. The standard InChI is InChI=1S/C14H16BrN3O/c15-11-3-5-12(6-4-11)17-13(10-16)9-14(19)18-7-1-2-8-18/h3-6,13,17H,1-2,7-9H2. The minimum absolute atomic E-state index is 0.0636. The summed E-state index contributed by atoms with van der Waals surface area (Å²) in [5, 5.41) is 12.2. The molecule has 5 heteroatoms. The number of hydrogen-bond donors (Lipinski definition) is 1. The van der Waals surface area contributed by atoms with E-state index in [0.717, 1.165) is 36.1 Å². The molecule has 4 nitrogen and oxygen atoms in total. The number of halogens is 1. The number of nitrogens with zero attached hydrogens (tertiary/aromatic N) is 2. The molecular weight excluding hydrogens is 306 g/mol. The van der Waals surface area contributed by atoms with Gasteiger partial charge in [0.15, 0.2) is 0 Å². The zero-order valence-electron chi connectivity index (χ0n) is 10.6. The van der Waals surface area contributed by atoms with Gasteiger partial charge in [0.25, 0.3) is 0 Å². The minimum atomic E-state index is -0.478. The van der Waals surface area contributed by atoms with Crippen molar-refractivity contribution in [1.29, 1.82) is 5.26 Å². The summed E-state index contributed by atoms with van der Waals surface area (Å²) >= 11 is 3.36. The molecule has 1 fully saturated rings. The highest BCUT2D eigenvalue weighted by atomic mass is 79.9. The molecule has 19 heavy (non-hydrogen) atoms. The Morgan fingerprint density at radius 3 is 2.58 bits per heavy atom. The number of carbonyl (C=O) groups is 1. The number of amides is 1. The molecule has 1 unspecified atom stereocenters. The Morgan fingerprint density at radius 2 is 2.00 bits per heavy atom. The number of likely N-dealkylation sites (tertiary alicyclic amines) is 1. The van der Waals surface area contributed by atoms with Crippen molar-refractivity contribution in [2.45, 2.75) is 25.3 Å². The average Bonchev–Trinajstić information content (AvgIpc) is 2.94. The van der Waals surface area contributed by atoms with Gasteiger partial charge in [-0.15, -0.1) is 0 Å². The Hall–Kier alpha value is -1.54. The van der Waals surface area contributed by atoms with Crippen molar-refractivity contribution in [3.63, 3.8) is 0 Å². The van der Waals surface area contributed by atoms with Crippen LogP contribution in [-0.2, 0) is 4.79 Å². The fraction of sp³-hybridized carbons (Fsp3) is 0.429. The first-order valence-electron chi connectivity index (χ1n) is 6.38. The maximum atomic E-state index is 12.0. The van der Waals surface area contributed by atoms with Gasteiger partial charge in [0.05, 0.1) is 12.5 Å². The van der Waals surface area contributed by atoms with Crippen LogP contribution in [0.3, 0.4) is 0 Å². The molecule has 0 spiro atoms. The van der Waals surface area contributed by atoms with E-state index in [-0.39, 0.29) is 12.3 Å². The molecule has 100 valence electrons. The van der Waals surface area contributed by atoms with Gasteiger partial charge in [0, 0.05) is 23.2 Å². The van der Waals surface area contributed by atoms with E-state index in [1.807, 2.05) is 29.2 Å². The lowest BCUT2D eigenvalue weighted by molar-refractivity contribution is -0.130. The van der Waals surface area contributed by atoms with Crippen molar-refractivity contribution < 1.29 is 4.79 Å². The van der Waals surface area contributed by atoms with Gasteiger partial charge >= 0.3 is 0 Å². The van der Waals surface area contributed by atoms with E-state index >= 15 is 0 Å². The van der Waals surface area contributed by atoms with Crippen molar-refractivity contribution in [2.24, 2.45) is 0 Å². The zero-order chi connectivity index (χ0) is 13.7. The van der Waals surface area contributed by atoms with Gasteiger partial charge in [-0.1, -0.05) is 15.9 Å². The first-order chi connectivity index (χ1) is 9.19. The highest BCUT2D eigenvalue weighted by Crippen LogP contribution is 2.16. The maximum Gasteiger partial charge on any atom is 0.225 e. The maximum absolute atomic E-state index is 12.0. The molecule has 0 bridgehead atoms. The molecule has 0 aliphatic carbocycles. The summed E-state index contributed by atoms with van der Waals surface area (Å²) in [6, 6.07) is 9.24. The summed E-state index contributed by atoms with van der Waals surface area (Å²) < 4.78 is 0.986. The van der Waals surface area contributed by atoms with E-state index in [0.29, 0.717) is 0 Å². The quantitative estimate of drug-likeness (QED) is 0.927. The topological polar surface area (TPSA) is 56.1 Å². The third-order valence-corrected chi connectivity index (χ3v) is 3.71. The molecule has 1 aliphatic heterocycles. The number of benzene rings is 1. The smallest absolute Gasteiger partial charge is 0.225 e. The van der Waals surface area contributed by atoms with Crippen LogP contribution in [0.5, 0.6) is 0 Å². The van der Waals surface area contributed by atoms with Gasteiger partial charge in [-0.3, -0.25) is 4.79 Å². The molecule has 1 N–H and O–H groups in total. The Bertz CT molecular complexity index is 474. The van der Waals surface area contributed by atoms with E-state index in [2.05, 4.69) is 27.3 Å².